The molecule has 1 aromatic heterocycles. The van der Waals surface area contributed by atoms with Crippen LogP contribution >= 0.6 is 27.7 Å². The number of thioether (sulfide) groups is 1. The van der Waals surface area contributed by atoms with Crippen LogP contribution in [0.25, 0.3) is 11.0 Å². The van der Waals surface area contributed by atoms with Gasteiger partial charge in [-0.2, -0.15) is 0 Å². The zero-order valence-corrected chi connectivity index (χ0v) is 9.61. The Bertz CT molecular complexity index is 420. The van der Waals surface area contributed by atoms with Crippen molar-refractivity contribution < 1.29 is 4.42 Å². The summed E-state index contributed by atoms with van der Waals surface area (Å²) in [5.74, 6) is 0.980. The summed E-state index contributed by atoms with van der Waals surface area (Å²) in [4.78, 5) is 1.27. The van der Waals surface area contributed by atoms with Gasteiger partial charge in [0, 0.05) is 10.3 Å². The van der Waals surface area contributed by atoms with E-state index in [1.54, 1.807) is 11.8 Å². The number of halogens is 1. The Morgan fingerprint density at radius 3 is 2.92 bits per heavy atom. The largest absolute Gasteiger partial charge is 0.460 e. The maximum atomic E-state index is 5.56. The standard InChI is InChI=1S/C10H9BrOS/c1-13-9-2-3-10-7(5-9)4-8(6-11)12-10/h2-5H,6H2,1H3. The van der Waals surface area contributed by atoms with Gasteiger partial charge < -0.3 is 4.42 Å². The maximum Gasteiger partial charge on any atom is 0.134 e. The van der Waals surface area contributed by atoms with E-state index in [1.165, 1.54) is 10.3 Å². The average molecular weight is 257 g/mol. The lowest BCUT2D eigenvalue weighted by Gasteiger charge is -1.93. The van der Waals surface area contributed by atoms with Crippen LogP contribution in [0.5, 0.6) is 0 Å². The Labute approximate surface area is 89.6 Å². The summed E-state index contributed by atoms with van der Waals surface area (Å²) < 4.78 is 5.56. The van der Waals surface area contributed by atoms with Crippen LogP contribution < -0.4 is 0 Å². The Hall–Kier alpha value is -0.410. The molecule has 0 saturated carbocycles. The first-order valence-electron chi connectivity index (χ1n) is 3.96. The van der Waals surface area contributed by atoms with Crippen molar-refractivity contribution in [2.75, 3.05) is 6.26 Å². The molecule has 0 aliphatic carbocycles. The fraction of sp³-hybridized carbons (Fsp3) is 0.200. The molecule has 0 spiro atoms. The molecule has 0 atom stereocenters. The third kappa shape index (κ3) is 1.76. The van der Waals surface area contributed by atoms with Crippen LogP contribution in [0.2, 0.25) is 0 Å². The number of rotatable bonds is 2. The summed E-state index contributed by atoms with van der Waals surface area (Å²) in [6.45, 7) is 0. The van der Waals surface area contributed by atoms with E-state index in [4.69, 9.17) is 4.42 Å². The molecule has 0 aliphatic rings. The SMILES string of the molecule is CSc1ccc2oc(CBr)cc2c1. The van der Waals surface area contributed by atoms with Crippen molar-refractivity contribution in [3.05, 3.63) is 30.0 Å². The summed E-state index contributed by atoms with van der Waals surface area (Å²) in [6.07, 6.45) is 2.08. The molecule has 0 amide bonds. The van der Waals surface area contributed by atoms with Gasteiger partial charge in [-0.25, -0.2) is 0 Å². The van der Waals surface area contributed by atoms with E-state index in [0.29, 0.717) is 0 Å². The van der Waals surface area contributed by atoms with Crippen LogP contribution in [0.1, 0.15) is 5.76 Å². The normalized spacial score (nSPS) is 10.9. The van der Waals surface area contributed by atoms with Crippen molar-refractivity contribution in [1.29, 1.82) is 0 Å². The molecule has 0 fully saturated rings. The molecule has 0 bridgehead atoms. The monoisotopic (exact) mass is 256 g/mol. The van der Waals surface area contributed by atoms with Crippen LogP contribution in [-0.4, -0.2) is 6.26 Å². The summed E-state index contributed by atoms with van der Waals surface area (Å²) in [5.41, 5.74) is 0.965. The van der Waals surface area contributed by atoms with Crippen molar-refractivity contribution in [1.82, 2.24) is 0 Å². The van der Waals surface area contributed by atoms with E-state index >= 15 is 0 Å². The topological polar surface area (TPSA) is 13.1 Å². The molecular weight excluding hydrogens is 248 g/mol. The van der Waals surface area contributed by atoms with Gasteiger partial charge in [0.25, 0.3) is 0 Å². The van der Waals surface area contributed by atoms with Crippen LogP contribution in [0.4, 0.5) is 0 Å². The lowest BCUT2D eigenvalue weighted by Crippen LogP contribution is -1.67. The van der Waals surface area contributed by atoms with Crippen molar-refractivity contribution >= 4 is 38.7 Å². The number of fused-ring (bicyclic) bond motifs is 1. The highest BCUT2D eigenvalue weighted by molar-refractivity contribution is 9.08. The average Bonchev–Trinajstić information content (AvgIpc) is 2.58. The van der Waals surface area contributed by atoms with Gasteiger partial charge in [-0.05, 0) is 30.5 Å². The number of furan rings is 1. The molecule has 1 aromatic carbocycles. The van der Waals surface area contributed by atoms with Gasteiger partial charge in [0.15, 0.2) is 0 Å². The molecule has 1 nitrogen and oxygen atoms in total. The highest BCUT2D eigenvalue weighted by Crippen LogP contribution is 2.25. The van der Waals surface area contributed by atoms with Crippen LogP contribution in [0, 0.1) is 0 Å². The quantitative estimate of drug-likeness (QED) is 0.594. The highest BCUT2D eigenvalue weighted by Gasteiger charge is 2.02. The van der Waals surface area contributed by atoms with E-state index in [9.17, 15) is 0 Å². The van der Waals surface area contributed by atoms with E-state index in [-0.39, 0.29) is 0 Å². The number of hydrogen-bond donors (Lipinski definition) is 0. The van der Waals surface area contributed by atoms with Crippen LogP contribution in [0.3, 0.4) is 0 Å². The molecule has 0 aliphatic heterocycles. The van der Waals surface area contributed by atoms with Gasteiger partial charge in [-0.15, -0.1) is 11.8 Å². The molecule has 0 unspecified atom stereocenters. The molecule has 2 rings (SSSR count). The first-order chi connectivity index (χ1) is 6.33. The van der Waals surface area contributed by atoms with Crippen molar-refractivity contribution in [2.45, 2.75) is 10.2 Å². The van der Waals surface area contributed by atoms with E-state index in [0.717, 1.165) is 16.7 Å². The molecule has 1 heterocycles. The fourth-order valence-electron chi connectivity index (χ4n) is 1.27. The Kier molecular flexibility index (Phi) is 2.65. The minimum absolute atomic E-state index is 0.774. The smallest absolute Gasteiger partial charge is 0.134 e. The molecule has 0 radical (unpaired) electrons. The summed E-state index contributed by atoms with van der Waals surface area (Å²) in [7, 11) is 0. The van der Waals surface area contributed by atoms with Crippen molar-refractivity contribution in [2.24, 2.45) is 0 Å². The predicted octanol–water partition coefficient (Wildman–Crippen LogP) is 4.05. The molecule has 13 heavy (non-hydrogen) atoms. The first-order valence-corrected chi connectivity index (χ1v) is 6.30. The molecule has 0 saturated heterocycles. The van der Waals surface area contributed by atoms with Crippen molar-refractivity contribution in [3.63, 3.8) is 0 Å². The Morgan fingerprint density at radius 2 is 2.23 bits per heavy atom. The Morgan fingerprint density at radius 1 is 1.38 bits per heavy atom. The van der Waals surface area contributed by atoms with Gasteiger partial charge in [-0.1, -0.05) is 15.9 Å². The fourth-order valence-corrected chi connectivity index (χ4v) is 1.99. The van der Waals surface area contributed by atoms with Crippen LogP contribution in [0.15, 0.2) is 33.6 Å². The third-order valence-corrected chi connectivity index (χ3v) is 3.18. The molecule has 2 aromatic rings. The minimum atomic E-state index is 0.774. The number of benzene rings is 1. The first kappa shape index (κ1) is 9.16. The van der Waals surface area contributed by atoms with Gasteiger partial charge >= 0.3 is 0 Å². The summed E-state index contributed by atoms with van der Waals surface area (Å²) >= 11 is 5.12. The zero-order valence-electron chi connectivity index (χ0n) is 7.21. The predicted molar refractivity (Wildman–Crippen MR) is 60.6 cm³/mol. The van der Waals surface area contributed by atoms with E-state index in [2.05, 4.69) is 40.4 Å². The number of alkyl halides is 1. The lowest BCUT2D eigenvalue weighted by atomic mass is 10.2. The minimum Gasteiger partial charge on any atom is -0.460 e. The second kappa shape index (κ2) is 3.76. The second-order valence-electron chi connectivity index (χ2n) is 2.75. The van der Waals surface area contributed by atoms with Gasteiger partial charge in [0.05, 0.1) is 5.33 Å². The molecule has 68 valence electrons. The Balaban J connectivity index is 2.57. The molecule has 3 heteroatoms. The maximum absolute atomic E-state index is 5.56. The van der Waals surface area contributed by atoms with E-state index < -0.39 is 0 Å². The van der Waals surface area contributed by atoms with Crippen molar-refractivity contribution in [3.8, 4) is 0 Å². The lowest BCUT2D eigenvalue weighted by molar-refractivity contribution is 0.575. The second-order valence-corrected chi connectivity index (χ2v) is 4.19. The highest BCUT2D eigenvalue weighted by atomic mass is 79.9. The van der Waals surface area contributed by atoms with E-state index in [1.807, 2.05) is 6.07 Å². The molecular formula is C10H9BrOS. The van der Waals surface area contributed by atoms with Gasteiger partial charge in [-0.3, -0.25) is 0 Å². The third-order valence-electron chi connectivity index (χ3n) is 1.91. The number of hydrogen-bond acceptors (Lipinski definition) is 2. The van der Waals surface area contributed by atoms with Gasteiger partial charge in [0.1, 0.15) is 11.3 Å². The zero-order chi connectivity index (χ0) is 9.26. The summed E-state index contributed by atoms with van der Waals surface area (Å²) in [6, 6.07) is 8.32. The molecule has 0 N–H and O–H groups in total. The van der Waals surface area contributed by atoms with Crippen LogP contribution in [-0.2, 0) is 5.33 Å². The summed E-state index contributed by atoms with van der Waals surface area (Å²) in [5, 5.41) is 1.96. The van der Waals surface area contributed by atoms with Gasteiger partial charge in [0.2, 0.25) is 0 Å².